The van der Waals surface area contributed by atoms with Crippen LogP contribution < -0.4 is 14.8 Å². The van der Waals surface area contributed by atoms with E-state index >= 15 is 0 Å². The van der Waals surface area contributed by atoms with Gasteiger partial charge < -0.3 is 24.4 Å². The van der Waals surface area contributed by atoms with E-state index < -0.39 is 0 Å². The van der Waals surface area contributed by atoms with E-state index in [1.807, 2.05) is 5.38 Å². The smallest absolute Gasteiger partial charge is 0.254 e. The maximum absolute atomic E-state index is 13.0. The molecule has 0 saturated carbocycles. The Kier molecular flexibility index (Phi) is 9.27. The summed E-state index contributed by atoms with van der Waals surface area (Å²) in [6.07, 6.45) is 0.794. The van der Waals surface area contributed by atoms with Gasteiger partial charge in [-0.3, -0.25) is 14.5 Å². The van der Waals surface area contributed by atoms with Gasteiger partial charge in [-0.1, -0.05) is 0 Å². The molecule has 2 heterocycles. The molecule has 0 spiro atoms. The van der Waals surface area contributed by atoms with E-state index in [1.165, 1.54) is 11.3 Å². The molecule has 0 aliphatic carbocycles. The Balaban J connectivity index is 1.48. The van der Waals surface area contributed by atoms with Crippen LogP contribution in [0.25, 0.3) is 0 Å². The molecule has 9 nitrogen and oxygen atoms in total. The zero-order valence-corrected chi connectivity index (χ0v) is 19.4. The van der Waals surface area contributed by atoms with Gasteiger partial charge in [0, 0.05) is 57.4 Å². The number of ether oxygens (including phenoxy) is 3. The lowest BCUT2D eigenvalue weighted by Crippen LogP contribution is -2.51. The first-order chi connectivity index (χ1) is 15.6. The highest BCUT2D eigenvalue weighted by Gasteiger charge is 2.24. The molecule has 0 radical (unpaired) electrons. The Bertz CT molecular complexity index is 869. The van der Waals surface area contributed by atoms with Crippen LogP contribution in [0.3, 0.4) is 0 Å². The van der Waals surface area contributed by atoms with Crippen LogP contribution in [0, 0.1) is 0 Å². The first-order valence-corrected chi connectivity index (χ1v) is 11.5. The van der Waals surface area contributed by atoms with Crippen LogP contribution in [0.15, 0.2) is 29.1 Å². The van der Waals surface area contributed by atoms with E-state index in [9.17, 15) is 9.59 Å². The van der Waals surface area contributed by atoms with Crippen molar-refractivity contribution in [2.75, 3.05) is 60.1 Å². The number of methoxy groups -OCH3 is 2. The Hall–Kier alpha value is -2.69. The van der Waals surface area contributed by atoms with Crippen LogP contribution in [-0.4, -0.2) is 86.7 Å². The average Bonchev–Trinajstić information content (AvgIpc) is 3.34. The molecular weight excluding hydrogens is 432 g/mol. The van der Waals surface area contributed by atoms with E-state index in [-0.39, 0.29) is 11.8 Å². The molecular formula is C22H30N4O5S. The van der Waals surface area contributed by atoms with Crippen molar-refractivity contribution >= 4 is 23.2 Å². The van der Waals surface area contributed by atoms with E-state index in [0.29, 0.717) is 69.5 Å². The second-order valence-electron chi connectivity index (χ2n) is 7.40. The molecule has 1 aromatic carbocycles. The van der Waals surface area contributed by atoms with Crippen LogP contribution in [0.1, 0.15) is 22.5 Å². The summed E-state index contributed by atoms with van der Waals surface area (Å²) >= 11 is 1.51. The molecule has 0 unspecified atom stereocenters. The van der Waals surface area contributed by atoms with Crippen molar-refractivity contribution in [3.8, 4) is 11.5 Å². The second kappa shape index (κ2) is 12.4. The predicted octanol–water partition coefficient (Wildman–Crippen LogP) is 1.64. The molecule has 1 fully saturated rings. The van der Waals surface area contributed by atoms with Crippen molar-refractivity contribution < 1.29 is 23.8 Å². The minimum absolute atomic E-state index is 0.00106. The number of nitrogens with zero attached hydrogens (tertiary/aromatic N) is 3. The third-order valence-corrected chi connectivity index (χ3v) is 5.78. The Morgan fingerprint density at radius 2 is 1.97 bits per heavy atom. The lowest BCUT2D eigenvalue weighted by atomic mass is 10.1. The zero-order chi connectivity index (χ0) is 22.8. The molecule has 174 valence electrons. The number of piperazine rings is 1. The first-order valence-electron chi connectivity index (χ1n) is 10.6. The SMILES string of the molecule is COCCCNC(=O)CN1CCN(C(=O)c2ccc(OCc3cscn3)c(OC)c2)CC1. The lowest BCUT2D eigenvalue weighted by molar-refractivity contribution is -0.122. The van der Waals surface area contributed by atoms with Gasteiger partial charge in [0.05, 0.1) is 24.9 Å². The summed E-state index contributed by atoms with van der Waals surface area (Å²) in [6, 6.07) is 5.21. The number of nitrogens with one attached hydrogen (secondary N) is 1. The molecule has 1 N–H and O–H groups in total. The normalized spacial score (nSPS) is 14.2. The quantitative estimate of drug-likeness (QED) is 0.508. The van der Waals surface area contributed by atoms with Crippen molar-refractivity contribution in [1.82, 2.24) is 20.1 Å². The third-order valence-electron chi connectivity index (χ3n) is 5.14. The molecule has 1 aliphatic rings. The van der Waals surface area contributed by atoms with Gasteiger partial charge in [-0.15, -0.1) is 11.3 Å². The van der Waals surface area contributed by atoms with E-state index in [1.54, 1.807) is 42.8 Å². The maximum atomic E-state index is 13.0. The molecule has 3 rings (SSSR count). The van der Waals surface area contributed by atoms with Crippen molar-refractivity contribution in [2.24, 2.45) is 0 Å². The first kappa shape index (κ1) is 24.0. The fourth-order valence-corrected chi connectivity index (χ4v) is 3.92. The summed E-state index contributed by atoms with van der Waals surface area (Å²) in [7, 11) is 3.20. The minimum atomic E-state index is -0.0574. The van der Waals surface area contributed by atoms with Crippen LogP contribution >= 0.6 is 11.3 Å². The largest absolute Gasteiger partial charge is 0.493 e. The fourth-order valence-electron chi connectivity index (χ4n) is 3.38. The van der Waals surface area contributed by atoms with Gasteiger partial charge in [-0.25, -0.2) is 4.98 Å². The van der Waals surface area contributed by atoms with Crippen LogP contribution in [0.5, 0.6) is 11.5 Å². The number of thiazole rings is 1. The third kappa shape index (κ3) is 6.91. The van der Waals surface area contributed by atoms with Crippen LogP contribution in [-0.2, 0) is 16.1 Å². The Morgan fingerprint density at radius 1 is 1.16 bits per heavy atom. The van der Waals surface area contributed by atoms with Crippen molar-refractivity contribution in [3.05, 3.63) is 40.3 Å². The van der Waals surface area contributed by atoms with Crippen molar-refractivity contribution in [2.45, 2.75) is 13.0 Å². The molecule has 2 aromatic rings. The van der Waals surface area contributed by atoms with Gasteiger partial charge in [0.25, 0.3) is 5.91 Å². The van der Waals surface area contributed by atoms with Crippen molar-refractivity contribution in [3.63, 3.8) is 0 Å². The van der Waals surface area contributed by atoms with E-state index in [4.69, 9.17) is 14.2 Å². The molecule has 0 atom stereocenters. The number of hydrogen-bond acceptors (Lipinski definition) is 8. The Labute approximate surface area is 192 Å². The summed E-state index contributed by atoms with van der Waals surface area (Å²) in [5.41, 5.74) is 3.15. The van der Waals surface area contributed by atoms with E-state index in [0.717, 1.165) is 12.1 Å². The number of rotatable bonds is 11. The number of amides is 2. The average molecular weight is 463 g/mol. The highest BCUT2D eigenvalue weighted by atomic mass is 32.1. The zero-order valence-electron chi connectivity index (χ0n) is 18.5. The summed E-state index contributed by atoms with van der Waals surface area (Å²) < 4.78 is 16.2. The number of hydrogen-bond donors (Lipinski definition) is 1. The molecule has 2 amide bonds. The monoisotopic (exact) mass is 462 g/mol. The Morgan fingerprint density at radius 3 is 2.66 bits per heavy atom. The summed E-state index contributed by atoms with van der Waals surface area (Å²) in [5, 5.41) is 4.82. The van der Waals surface area contributed by atoms with Gasteiger partial charge in [0.15, 0.2) is 11.5 Å². The van der Waals surface area contributed by atoms with Gasteiger partial charge in [-0.2, -0.15) is 0 Å². The second-order valence-corrected chi connectivity index (χ2v) is 8.12. The number of benzene rings is 1. The van der Waals surface area contributed by atoms with Crippen LogP contribution in [0.2, 0.25) is 0 Å². The summed E-state index contributed by atoms with van der Waals surface area (Å²) in [6.45, 7) is 4.37. The highest BCUT2D eigenvalue weighted by Crippen LogP contribution is 2.29. The highest BCUT2D eigenvalue weighted by molar-refractivity contribution is 7.07. The predicted molar refractivity (Wildman–Crippen MR) is 121 cm³/mol. The van der Waals surface area contributed by atoms with Crippen LogP contribution in [0.4, 0.5) is 0 Å². The molecule has 1 aromatic heterocycles. The summed E-state index contributed by atoms with van der Waals surface area (Å²) in [5.74, 6) is 1.02. The van der Waals surface area contributed by atoms with Gasteiger partial charge in [-0.05, 0) is 24.6 Å². The number of carbonyl (C=O) groups excluding carboxylic acids is 2. The molecule has 32 heavy (non-hydrogen) atoms. The minimum Gasteiger partial charge on any atom is -0.493 e. The summed E-state index contributed by atoms with van der Waals surface area (Å²) in [4.78, 5) is 33.1. The van der Waals surface area contributed by atoms with Gasteiger partial charge in [0.2, 0.25) is 5.91 Å². The topological polar surface area (TPSA) is 93.2 Å². The van der Waals surface area contributed by atoms with E-state index in [2.05, 4.69) is 15.2 Å². The molecule has 1 saturated heterocycles. The lowest BCUT2D eigenvalue weighted by Gasteiger charge is -2.34. The number of carbonyl (C=O) groups is 2. The fraction of sp³-hybridized carbons (Fsp3) is 0.500. The molecule has 0 bridgehead atoms. The molecule has 10 heteroatoms. The van der Waals surface area contributed by atoms with Crippen molar-refractivity contribution in [1.29, 1.82) is 0 Å². The standard InChI is InChI=1S/C22H30N4O5S/c1-29-11-3-6-23-21(27)13-25-7-9-26(10-8-25)22(28)17-4-5-19(20(12-17)30-2)31-14-18-15-32-16-24-18/h4-5,12,15-16H,3,6-11,13-14H2,1-2H3,(H,23,27). The van der Waals surface area contributed by atoms with Gasteiger partial charge in [0.1, 0.15) is 6.61 Å². The molecule has 1 aliphatic heterocycles. The maximum Gasteiger partial charge on any atom is 0.254 e. The number of aromatic nitrogens is 1. The van der Waals surface area contributed by atoms with Gasteiger partial charge >= 0.3 is 0 Å².